The number of anilines is 2. The van der Waals surface area contributed by atoms with E-state index in [1.165, 1.54) is 11.8 Å². The van der Waals surface area contributed by atoms with Crippen molar-refractivity contribution < 1.29 is 9.59 Å². The average Bonchev–Trinajstić information content (AvgIpc) is 2.57. The van der Waals surface area contributed by atoms with Crippen molar-refractivity contribution in [3.63, 3.8) is 0 Å². The molecule has 0 aromatic heterocycles. The predicted molar refractivity (Wildman–Crippen MR) is 105 cm³/mol. The molecule has 0 radical (unpaired) electrons. The molecule has 1 unspecified atom stereocenters. The lowest BCUT2D eigenvalue weighted by Crippen LogP contribution is -2.22. The van der Waals surface area contributed by atoms with Gasteiger partial charge in [0.25, 0.3) is 0 Å². The summed E-state index contributed by atoms with van der Waals surface area (Å²) in [5.74, 6) is -0.0789. The fourth-order valence-electron chi connectivity index (χ4n) is 2.14. The average molecular weight is 377 g/mol. The van der Waals surface area contributed by atoms with Gasteiger partial charge in [-0.1, -0.05) is 24.6 Å². The van der Waals surface area contributed by atoms with Crippen LogP contribution in [0.4, 0.5) is 11.4 Å². The molecule has 6 heteroatoms. The van der Waals surface area contributed by atoms with Crippen LogP contribution >= 0.6 is 23.4 Å². The zero-order chi connectivity index (χ0) is 18.2. The highest BCUT2D eigenvalue weighted by molar-refractivity contribution is 8.00. The van der Waals surface area contributed by atoms with E-state index in [9.17, 15) is 9.59 Å². The Morgan fingerprint density at radius 1 is 1.08 bits per heavy atom. The van der Waals surface area contributed by atoms with E-state index >= 15 is 0 Å². The van der Waals surface area contributed by atoms with Crippen LogP contribution in [0.25, 0.3) is 0 Å². The Labute approximate surface area is 157 Å². The largest absolute Gasteiger partial charge is 0.326 e. The monoisotopic (exact) mass is 376 g/mol. The van der Waals surface area contributed by atoms with Crippen molar-refractivity contribution in [2.45, 2.75) is 36.8 Å². The van der Waals surface area contributed by atoms with Gasteiger partial charge in [-0.15, -0.1) is 11.8 Å². The summed E-state index contributed by atoms with van der Waals surface area (Å²) in [7, 11) is 0. The number of nitrogens with one attached hydrogen (secondary N) is 2. The van der Waals surface area contributed by atoms with Gasteiger partial charge < -0.3 is 10.6 Å². The van der Waals surface area contributed by atoms with E-state index in [1.807, 2.05) is 38.1 Å². The van der Waals surface area contributed by atoms with Crippen LogP contribution in [0.2, 0.25) is 5.02 Å². The number of carbonyl (C=O) groups is 2. The number of halogens is 1. The summed E-state index contributed by atoms with van der Waals surface area (Å²) in [5, 5.41) is 6.02. The van der Waals surface area contributed by atoms with Crippen LogP contribution in [-0.4, -0.2) is 17.1 Å². The van der Waals surface area contributed by atoms with Gasteiger partial charge in [0.15, 0.2) is 0 Å². The van der Waals surface area contributed by atoms with Crippen LogP contribution in [0.15, 0.2) is 53.4 Å². The number of benzene rings is 2. The van der Waals surface area contributed by atoms with Gasteiger partial charge >= 0.3 is 0 Å². The van der Waals surface area contributed by atoms with Gasteiger partial charge in [-0.2, -0.15) is 0 Å². The highest BCUT2D eigenvalue weighted by Crippen LogP contribution is 2.26. The zero-order valence-corrected chi connectivity index (χ0v) is 15.8. The van der Waals surface area contributed by atoms with E-state index in [0.29, 0.717) is 17.1 Å². The number of rotatable bonds is 7. The molecule has 0 aliphatic carbocycles. The molecule has 2 amide bonds. The van der Waals surface area contributed by atoms with Crippen LogP contribution in [0.1, 0.15) is 26.7 Å². The van der Waals surface area contributed by atoms with Crippen LogP contribution < -0.4 is 10.6 Å². The van der Waals surface area contributed by atoms with Crippen molar-refractivity contribution in [2.24, 2.45) is 0 Å². The number of hydrogen-bond donors (Lipinski definition) is 2. The maximum atomic E-state index is 12.3. The van der Waals surface area contributed by atoms with Crippen molar-refractivity contribution in [1.29, 1.82) is 0 Å². The maximum Gasteiger partial charge on any atom is 0.237 e. The van der Waals surface area contributed by atoms with E-state index in [2.05, 4.69) is 10.6 Å². The summed E-state index contributed by atoms with van der Waals surface area (Å²) < 4.78 is 0. The molecule has 0 heterocycles. The molecule has 25 heavy (non-hydrogen) atoms. The highest BCUT2D eigenvalue weighted by atomic mass is 35.5. The number of hydrogen-bond acceptors (Lipinski definition) is 3. The van der Waals surface area contributed by atoms with Gasteiger partial charge in [-0.25, -0.2) is 0 Å². The summed E-state index contributed by atoms with van der Waals surface area (Å²) in [6, 6.07) is 14.6. The lowest BCUT2D eigenvalue weighted by molar-refractivity contribution is -0.116. The Bertz CT molecular complexity index is 734. The third-order valence-corrected chi connectivity index (χ3v) is 4.74. The van der Waals surface area contributed by atoms with Crippen LogP contribution in [0.3, 0.4) is 0 Å². The molecule has 132 valence electrons. The Kier molecular flexibility index (Phi) is 7.34. The second kappa shape index (κ2) is 9.49. The predicted octanol–water partition coefficient (Wildman–Crippen LogP) is 5.20. The van der Waals surface area contributed by atoms with Gasteiger partial charge in [0.2, 0.25) is 11.8 Å². The fourth-order valence-corrected chi connectivity index (χ4v) is 3.19. The summed E-state index contributed by atoms with van der Waals surface area (Å²) in [6.07, 6.45) is 1.33. The first-order valence-corrected chi connectivity index (χ1v) is 9.36. The fraction of sp³-hybridized carbons (Fsp3) is 0.263. The molecule has 0 bridgehead atoms. The first kappa shape index (κ1) is 19.3. The molecule has 0 spiro atoms. The number of carbonyl (C=O) groups excluding carboxylic acids is 2. The van der Waals surface area contributed by atoms with E-state index in [1.54, 1.807) is 24.3 Å². The molecule has 4 nitrogen and oxygen atoms in total. The van der Waals surface area contributed by atoms with E-state index < -0.39 is 0 Å². The van der Waals surface area contributed by atoms with Crippen molar-refractivity contribution in [1.82, 2.24) is 0 Å². The molecular formula is C19H21ClN2O2S. The number of amides is 2. The smallest absolute Gasteiger partial charge is 0.237 e. The topological polar surface area (TPSA) is 58.2 Å². The van der Waals surface area contributed by atoms with Gasteiger partial charge in [0.1, 0.15) is 0 Å². The number of thioether (sulfide) groups is 1. The van der Waals surface area contributed by atoms with Crippen molar-refractivity contribution >= 4 is 46.6 Å². The molecule has 0 fully saturated rings. The molecule has 2 aromatic rings. The molecule has 0 saturated heterocycles. The summed E-state index contributed by atoms with van der Waals surface area (Å²) in [4.78, 5) is 24.8. The second-order valence-corrected chi connectivity index (χ2v) is 7.43. The first-order valence-electron chi connectivity index (χ1n) is 8.11. The van der Waals surface area contributed by atoms with Crippen LogP contribution in [0.5, 0.6) is 0 Å². The minimum absolute atomic E-state index is 0.0113. The Balaban J connectivity index is 1.90. The van der Waals surface area contributed by atoms with E-state index in [-0.39, 0.29) is 17.1 Å². The van der Waals surface area contributed by atoms with Crippen molar-refractivity contribution in [3.05, 3.63) is 53.6 Å². The second-order valence-electron chi connectivity index (χ2n) is 5.58. The lowest BCUT2D eigenvalue weighted by Gasteiger charge is -2.13. The zero-order valence-electron chi connectivity index (χ0n) is 14.2. The molecule has 0 saturated carbocycles. The van der Waals surface area contributed by atoms with Gasteiger partial charge in [-0.3, -0.25) is 9.59 Å². The standard InChI is InChI=1S/C19H21ClN2O2S/c1-3-5-18(23)21-15-8-10-17(11-9-15)25-13(2)19(24)22-16-7-4-6-14(20)12-16/h4,6-13H,3,5H2,1-2H3,(H,21,23)(H,22,24). The summed E-state index contributed by atoms with van der Waals surface area (Å²) in [5.41, 5.74) is 1.44. The quantitative estimate of drug-likeness (QED) is 0.653. The molecule has 2 aromatic carbocycles. The third kappa shape index (κ3) is 6.44. The molecule has 2 rings (SSSR count). The normalized spacial score (nSPS) is 11.6. The Hall–Kier alpha value is -1.98. The van der Waals surface area contributed by atoms with Crippen molar-refractivity contribution in [3.8, 4) is 0 Å². The van der Waals surface area contributed by atoms with E-state index in [0.717, 1.165) is 17.0 Å². The molecule has 0 aliphatic rings. The molecule has 2 N–H and O–H groups in total. The van der Waals surface area contributed by atoms with Gasteiger partial charge in [-0.05, 0) is 55.8 Å². The molecule has 0 aliphatic heterocycles. The lowest BCUT2D eigenvalue weighted by atomic mass is 10.3. The molecular weight excluding hydrogens is 356 g/mol. The summed E-state index contributed by atoms with van der Waals surface area (Å²) >= 11 is 7.38. The Morgan fingerprint density at radius 3 is 2.44 bits per heavy atom. The summed E-state index contributed by atoms with van der Waals surface area (Å²) in [6.45, 7) is 3.82. The van der Waals surface area contributed by atoms with E-state index in [4.69, 9.17) is 11.6 Å². The third-order valence-electron chi connectivity index (χ3n) is 3.39. The van der Waals surface area contributed by atoms with Crippen LogP contribution in [0, 0.1) is 0 Å². The Morgan fingerprint density at radius 2 is 1.80 bits per heavy atom. The molecule has 1 atom stereocenters. The van der Waals surface area contributed by atoms with Gasteiger partial charge in [0, 0.05) is 27.7 Å². The van der Waals surface area contributed by atoms with Crippen molar-refractivity contribution in [2.75, 3.05) is 10.6 Å². The minimum Gasteiger partial charge on any atom is -0.326 e. The SMILES string of the molecule is CCCC(=O)Nc1ccc(SC(C)C(=O)Nc2cccc(Cl)c2)cc1. The maximum absolute atomic E-state index is 12.3. The highest BCUT2D eigenvalue weighted by Gasteiger charge is 2.14. The van der Waals surface area contributed by atoms with Gasteiger partial charge in [0.05, 0.1) is 5.25 Å². The van der Waals surface area contributed by atoms with Crippen LogP contribution in [-0.2, 0) is 9.59 Å². The minimum atomic E-state index is -0.264. The first-order chi connectivity index (χ1) is 12.0.